The molecule has 0 fully saturated rings. The fraction of sp³-hybridized carbons (Fsp3) is 0.556. The van der Waals surface area contributed by atoms with Crippen molar-refractivity contribution in [2.75, 3.05) is 0 Å². The zero-order chi connectivity index (χ0) is 10.4. The Morgan fingerprint density at radius 2 is 2.14 bits per heavy atom. The van der Waals surface area contributed by atoms with Gasteiger partial charge in [0.25, 0.3) is 0 Å². The maximum atomic E-state index is 10.8. The molecule has 0 aromatic rings. The molecule has 4 nitrogen and oxygen atoms in total. The third-order valence-electron chi connectivity index (χ3n) is 1.44. The molecule has 14 heavy (non-hydrogen) atoms. The summed E-state index contributed by atoms with van der Waals surface area (Å²) >= 11 is 0. The summed E-state index contributed by atoms with van der Waals surface area (Å²) in [5.74, 6) is -1.44. The van der Waals surface area contributed by atoms with Gasteiger partial charge in [-0.2, -0.15) is 0 Å². The predicted octanol–water partition coefficient (Wildman–Crippen LogP) is -2.57. The van der Waals surface area contributed by atoms with Crippen LogP contribution in [-0.4, -0.2) is 23.0 Å². The van der Waals surface area contributed by atoms with Crippen molar-refractivity contribution < 1.29 is 44.6 Å². The third-order valence-corrected chi connectivity index (χ3v) is 1.44. The van der Waals surface area contributed by atoms with Crippen molar-refractivity contribution in [3.05, 3.63) is 12.7 Å². The zero-order valence-corrected chi connectivity index (χ0v) is 10.9. The van der Waals surface area contributed by atoms with E-state index < -0.39 is 17.9 Å². The number of carboxylic acid groups (broad SMARTS) is 1. The third kappa shape index (κ3) is 7.12. The Morgan fingerprint density at radius 1 is 1.64 bits per heavy atom. The Morgan fingerprint density at radius 3 is 2.43 bits per heavy atom. The van der Waals surface area contributed by atoms with E-state index in [0.29, 0.717) is 6.42 Å². The Bertz CT molecular complexity index is 226. The molecule has 1 atom stereocenters. The quantitative estimate of drug-likeness (QED) is 0.306. The second-order valence-corrected chi connectivity index (χ2v) is 3.16. The van der Waals surface area contributed by atoms with Crippen LogP contribution in [0.25, 0.3) is 0 Å². The smallest absolute Gasteiger partial charge is 0.859 e. The van der Waals surface area contributed by atoms with Crippen molar-refractivity contribution in [2.24, 2.45) is 10.9 Å². The predicted molar refractivity (Wildman–Crippen MR) is 48.5 cm³/mol. The number of hydrogen-bond acceptors (Lipinski definition) is 3. The average Bonchev–Trinajstić information content (AvgIpc) is 2.02. The van der Waals surface area contributed by atoms with Gasteiger partial charge < -0.3 is 10.2 Å². The van der Waals surface area contributed by atoms with Crippen LogP contribution in [0.4, 0.5) is 0 Å². The van der Waals surface area contributed by atoms with Gasteiger partial charge in [-0.3, -0.25) is 4.99 Å². The maximum Gasteiger partial charge on any atom is 1.00 e. The largest absolute Gasteiger partial charge is 1.00 e. The van der Waals surface area contributed by atoms with E-state index in [9.17, 15) is 9.90 Å². The fourth-order valence-corrected chi connectivity index (χ4v) is 0.862. The Balaban J connectivity index is 0. The van der Waals surface area contributed by atoms with Crippen LogP contribution in [0.15, 0.2) is 17.6 Å². The van der Waals surface area contributed by atoms with Crippen molar-refractivity contribution in [1.82, 2.24) is 0 Å². The van der Waals surface area contributed by atoms with Crippen LogP contribution in [0.1, 0.15) is 20.3 Å². The van der Waals surface area contributed by atoms with Crippen LogP contribution >= 0.6 is 0 Å². The summed E-state index contributed by atoms with van der Waals surface area (Å²) in [6.07, 6.45) is 1.38. The minimum Gasteiger partial charge on any atom is -0.859 e. The summed E-state index contributed by atoms with van der Waals surface area (Å²) in [7, 11) is 0. The molecule has 0 aliphatic rings. The van der Waals surface area contributed by atoms with Gasteiger partial charge in [0.2, 0.25) is 0 Å². The SMILES string of the molecule is C=CC([O-])=N[C@H](CC(C)C)C(=O)O.[Na+]. The van der Waals surface area contributed by atoms with Crippen molar-refractivity contribution in [3.63, 3.8) is 0 Å². The van der Waals surface area contributed by atoms with E-state index in [4.69, 9.17) is 5.11 Å². The molecule has 74 valence electrons. The number of aliphatic imine (C=N–C) groups is 1. The van der Waals surface area contributed by atoms with Gasteiger partial charge in [-0.1, -0.05) is 26.5 Å². The molecular weight excluding hydrogens is 193 g/mol. The first-order valence-corrected chi connectivity index (χ1v) is 4.07. The second-order valence-electron chi connectivity index (χ2n) is 3.16. The maximum absolute atomic E-state index is 10.8. The van der Waals surface area contributed by atoms with Crippen molar-refractivity contribution in [2.45, 2.75) is 26.3 Å². The Hall–Kier alpha value is -0.320. The van der Waals surface area contributed by atoms with Crippen LogP contribution in [0.2, 0.25) is 0 Å². The summed E-state index contributed by atoms with van der Waals surface area (Å²) in [5, 5.41) is 19.4. The molecule has 0 saturated heterocycles. The molecule has 0 unspecified atom stereocenters. The van der Waals surface area contributed by atoms with Crippen molar-refractivity contribution >= 4 is 11.9 Å². The molecule has 0 saturated carbocycles. The zero-order valence-electron chi connectivity index (χ0n) is 8.86. The van der Waals surface area contributed by atoms with E-state index in [-0.39, 0.29) is 35.5 Å². The van der Waals surface area contributed by atoms with Crippen LogP contribution in [-0.2, 0) is 4.79 Å². The second kappa shape index (κ2) is 8.03. The number of aliphatic carboxylic acids is 1. The van der Waals surface area contributed by atoms with Gasteiger partial charge in [0.05, 0.1) is 0 Å². The van der Waals surface area contributed by atoms with Crippen LogP contribution in [0, 0.1) is 5.92 Å². The topological polar surface area (TPSA) is 72.7 Å². The van der Waals surface area contributed by atoms with Gasteiger partial charge in [0.1, 0.15) is 6.04 Å². The standard InChI is InChI=1S/C9H15NO3.Na/c1-4-8(11)10-7(9(12)13)5-6(2)3;/h4,6-7H,1,5H2,2-3H3,(H,10,11)(H,12,13);/q;+1/p-1/t7-;/m1./s1. The molecule has 5 heteroatoms. The average molecular weight is 207 g/mol. The summed E-state index contributed by atoms with van der Waals surface area (Å²) in [5.41, 5.74) is 0. The Labute approximate surface area is 106 Å². The molecule has 0 aromatic carbocycles. The van der Waals surface area contributed by atoms with Crippen molar-refractivity contribution in [3.8, 4) is 0 Å². The summed E-state index contributed by atoms with van der Waals surface area (Å²) < 4.78 is 0. The van der Waals surface area contributed by atoms with Crippen LogP contribution < -0.4 is 34.7 Å². The van der Waals surface area contributed by atoms with E-state index in [1.807, 2.05) is 13.8 Å². The van der Waals surface area contributed by atoms with Gasteiger partial charge in [-0.25, -0.2) is 4.79 Å². The van der Waals surface area contributed by atoms with E-state index >= 15 is 0 Å². The van der Waals surface area contributed by atoms with E-state index in [1.54, 1.807) is 0 Å². The van der Waals surface area contributed by atoms with E-state index in [1.165, 1.54) is 0 Å². The molecule has 0 aliphatic carbocycles. The minimum absolute atomic E-state index is 0. The monoisotopic (exact) mass is 207 g/mol. The van der Waals surface area contributed by atoms with Crippen molar-refractivity contribution in [1.29, 1.82) is 0 Å². The molecule has 0 spiro atoms. The van der Waals surface area contributed by atoms with E-state index in [2.05, 4.69) is 11.6 Å². The normalized spacial score (nSPS) is 13.2. The molecule has 0 radical (unpaired) electrons. The van der Waals surface area contributed by atoms with Crippen LogP contribution in [0.5, 0.6) is 0 Å². The first-order chi connectivity index (χ1) is 5.97. The molecule has 0 aliphatic heterocycles. The summed E-state index contributed by atoms with van der Waals surface area (Å²) in [6.45, 7) is 6.97. The number of nitrogens with zero attached hydrogens (tertiary/aromatic N) is 1. The molecular formula is C9H14NNaO3. The summed E-state index contributed by atoms with van der Waals surface area (Å²) in [6, 6.07) is -0.939. The minimum atomic E-state index is -1.07. The van der Waals surface area contributed by atoms with Gasteiger partial charge in [-0.05, 0) is 18.2 Å². The first kappa shape index (κ1) is 16.1. The Kier molecular flexibility index (Phi) is 9.24. The van der Waals surface area contributed by atoms with E-state index in [0.717, 1.165) is 6.08 Å². The molecule has 0 amide bonds. The van der Waals surface area contributed by atoms with Crippen LogP contribution in [0.3, 0.4) is 0 Å². The molecule has 1 N–H and O–H groups in total. The van der Waals surface area contributed by atoms with Gasteiger partial charge in [-0.15, -0.1) is 0 Å². The number of carboxylic acids is 1. The number of hydrogen-bond donors (Lipinski definition) is 1. The van der Waals surface area contributed by atoms with Gasteiger partial charge in [0.15, 0.2) is 0 Å². The first-order valence-electron chi connectivity index (χ1n) is 4.07. The van der Waals surface area contributed by atoms with Gasteiger partial charge in [0, 0.05) is 0 Å². The molecule has 0 aromatic heterocycles. The molecule has 0 rings (SSSR count). The number of rotatable bonds is 5. The fourth-order valence-electron chi connectivity index (χ4n) is 0.862. The van der Waals surface area contributed by atoms with Gasteiger partial charge >= 0.3 is 35.5 Å². The molecule has 0 bridgehead atoms. The molecule has 0 heterocycles. The summed E-state index contributed by atoms with van der Waals surface area (Å²) in [4.78, 5) is 14.1. The number of carbonyl (C=O) groups is 1.